The minimum absolute atomic E-state index is 0.1000. The lowest BCUT2D eigenvalue weighted by molar-refractivity contribution is -0.120. The van der Waals surface area contributed by atoms with Crippen LogP contribution in [0.1, 0.15) is 23.5 Å². The van der Waals surface area contributed by atoms with Crippen LogP contribution in [-0.2, 0) is 11.2 Å². The third-order valence-corrected chi connectivity index (χ3v) is 3.40. The fraction of sp³-hybridized carbons (Fsp3) is 0.235. The average Bonchev–Trinajstić information content (AvgIpc) is 2.49. The topological polar surface area (TPSA) is 43.1 Å². The van der Waals surface area contributed by atoms with E-state index in [2.05, 4.69) is 0 Å². The second kappa shape index (κ2) is 6.96. The third-order valence-electron chi connectivity index (χ3n) is 3.40. The number of carbonyl (C=O) groups is 1. The predicted octanol–water partition coefficient (Wildman–Crippen LogP) is 3.07. The van der Waals surface area contributed by atoms with Gasteiger partial charge in [0.1, 0.15) is 11.6 Å². The molecule has 2 aromatic rings. The second-order valence-corrected chi connectivity index (χ2v) is 4.79. The van der Waals surface area contributed by atoms with Crippen molar-refractivity contribution in [3.05, 3.63) is 71.5 Å². The number of ketones is 1. The molecule has 104 valence electrons. The molecular formula is C17H18FNO. The summed E-state index contributed by atoms with van der Waals surface area (Å²) in [5.41, 5.74) is 7.62. The van der Waals surface area contributed by atoms with Gasteiger partial charge in [0.25, 0.3) is 0 Å². The smallest absolute Gasteiger partial charge is 0.141 e. The molecule has 2 aromatic carbocycles. The largest absolute Gasteiger partial charge is 0.329 e. The number of nitrogens with two attached hydrogens (primary N) is 1. The van der Waals surface area contributed by atoms with E-state index in [0.717, 1.165) is 11.1 Å². The third kappa shape index (κ3) is 3.75. The van der Waals surface area contributed by atoms with Crippen LogP contribution in [0.25, 0.3) is 0 Å². The van der Waals surface area contributed by atoms with Crippen LogP contribution in [0.2, 0.25) is 0 Å². The minimum Gasteiger partial charge on any atom is -0.329 e. The Labute approximate surface area is 118 Å². The lowest BCUT2D eigenvalue weighted by Crippen LogP contribution is -2.22. The lowest BCUT2D eigenvalue weighted by Gasteiger charge is -2.14. The average molecular weight is 271 g/mol. The summed E-state index contributed by atoms with van der Waals surface area (Å²) in [6.07, 6.45) is 1.15. The van der Waals surface area contributed by atoms with Gasteiger partial charge in [-0.3, -0.25) is 4.79 Å². The molecule has 0 bridgehead atoms. The zero-order valence-corrected chi connectivity index (χ0v) is 11.3. The monoisotopic (exact) mass is 271 g/mol. The molecule has 1 unspecified atom stereocenters. The number of carbonyl (C=O) groups excluding carboxylic acids is 1. The molecule has 0 aliphatic heterocycles. The molecule has 2 nitrogen and oxygen atoms in total. The maximum atomic E-state index is 12.9. The Morgan fingerprint density at radius 3 is 2.30 bits per heavy atom. The van der Waals surface area contributed by atoms with Gasteiger partial charge in [0.05, 0.1) is 5.92 Å². The molecule has 0 heterocycles. The molecule has 0 amide bonds. The van der Waals surface area contributed by atoms with Crippen molar-refractivity contribution in [1.29, 1.82) is 0 Å². The first-order valence-electron chi connectivity index (χ1n) is 6.73. The van der Waals surface area contributed by atoms with E-state index in [1.54, 1.807) is 12.1 Å². The summed E-state index contributed by atoms with van der Waals surface area (Å²) in [4.78, 5) is 12.3. The van der Waals surface area contributed by atoms with Crippen LogP contribution in [0.4, 0.5) is 4.39 Å². The number of benzene rings is 2. The van der Waals surface area contributed by atoms with Crippen molar-refractivity contribution in [2.75, 3.05) is 6.54 Å². The second-order valence-electron chi connectivity index (χ2n) is 4.79. The Kier molecular flexibility index (Phi) is 5.02. The number of rotatable bonds is 6. The molecule has 20 heavy (non-hydrogen) atoms. The Balaban J connectivity index is 2.00. The summed E-state index contributed by atoms with van der Waals surface area (Å²) in [7, 11) is 0. The number of hydrogen-bond acceptors (Lipinski definition) is 2. The highest BCUT2D eigenvalue weighted by atomic mass is 19.1. The molecule has 2 rings (SSSR count). The first-order chi connectivity index (χ1) is 9.70. The van der Waals surface area contributed by atoms with E-state index in [-0.39, 0.29) is 24.1 Å². The highest BCUT2D eigenvalue weighted by molar-refractivity contribution is 5.86. The van der Waals surface area contributed by atoms with Gasteiger partial charge in [0.15, 0.2) is 0 Å². The van der Waals surface area contributed by atoms with Gasteiger partial charge < -0.3 is 5.73 Å². The van der Waals surface area contributed by atoms with Gasteiger partial charge >= 0.3 is 0 Å². The fourth-order valence-corrected chi connectivity index (χ4v) is 2.23. The highest BCUT2D eigenvalue weighted by Gasteiger charge is 2.18. The molecule has 0 saturated carbocycles. The van der Waals surface area contributed by atoms with Crippen molar-refractivity contribution in [1.82, 2.24) is 0 Å². The van der Waals surface area contributed by atoms with Gasteiger partial charge in [-0.1, -0.05) is 42.5 Å². The zero-order valence-electron chi connectivity index (χ0n) is 11.3. The number of aryl methyl sites for hydroxylation is 1. The Morgan fingerprint density at radius 2 is 1.70 bits per heavy atom. The van der Waals surface area contributed by atoms with Crippen molar-refractivity contribution in [3.63, 3.8) is 0 Å². The van der Waals surface area contributed by atoms with Crippen LogP contribution in [0, 0.1) is 5.82 Å². The molecule has 0 aliphatic carbocycles. The van der Waals surface area contributed by atoms with Crippen LogP contribution in [-0.4, -0.2) is 12.3 Å². The summed E-state index contributed by atoms with van der Waals surface area (Å²) >= 11 is 0. The quantitative estimate of drug-likeness (QED) is 0.877. The molecule has 0 saturated heterocycles. The van der Waals surface area contributed by atoms with Crippen LogP contribution in [0.15, 0.2) is 54.6 Å². The summed E-state index contributed by atoms with van der Waals surface area (Å²) in [5, 5.41) is 0. The fourth-order valence-electron chi connectivity index (χ4n) is 2.23. The zero-order chi connectivity index (χ0) is 14.4. The van der Waals surface area contributed by atoms with Gasteiger partial charge in [-0.2, -0.15) is 0 Å². The Morgan fingerprint density at radius 1 is 1.05 bits per heavy atom. The van der Waals surface area contributed by atoms with E-state index in [1.807, 2.05) is 30.3 Å². The molecule has 0 fully saturated rings. The summed E-state index contributed by atoms with van der Waals surface area (Å²) < 4.78 is 12.9. The molecule has 0 radical (unpaired) electrons. The standard InChI is InChI=1S/C17H18FNO/c18-15-9-7-14(8-10-15)16(12-19)17(20)11-6-13-4-2-1-3-5-13/h1-5,7-10,16H,6,11-12,19H2. The van der Waals surface area contributed by atoms with Crippen molar-refractivity contribution < 1.29 is 9.18 Å². The summed E-state index contributed by atoms with van der Waals surface area (Å²) in [5.74, 6) is -0.552. The van der Waals surface area contributed by atoms with Crippen LogP contribution in [0.3, 0.4) is 0 Å². The normalized spacial score (nSPS) is 12.1. The molecule has 2 N–H and O–H groups in total. The molecule has 0 aliphatic rings. The van der Waals surface area contributed by atoms with Gasteiger partial charge in [-0.25, -0.2) is 4.39 Å². The van der Waals surface area contributed by atoms with E-state index in [9.17, 15) is 9.18 Å². The SMILES string of the molecule is NCC(C(=O)CCc1ccccc1)c1ccc(F)cc1. The van der Waals surface area contributed by atoms with E-state index >= 15 is 0 Å². The van der Waals surface area contributed by atoms with Crippen LogP contribution in [0.5, 0.6) is 0 Å². The van der Waals surface area contributed by atoms with Crippen molar-refractivity contribution in [2.24, 2.45) is 5.73 Å². The molecular weight excluding hydrogens is 253 g/mol. The Hall–Kier alpha value is -2.00. The van der Waals surface area contributed by atoms with Gasteiger partial charge in [-0.15, -0.1) is 0 Å². The molecule has 3 heteroatoms. The molecule has 0 spiro atoms. The number of Topliss-reactive ketones (excluding diaryl/α,β-unsaturated/α-hetero) is 1. The maximum absolute atomic E-state index is 12.9. The van der Waals surface area contributed by atoms with Crippen molar-refractivity contribution >= 4 is 5.78 Å². The van der Waals surface area contributed by atoms with Crippen LogP contribution < -0.4 is 5.73 Å². The van der Waals surface area contributed by atoms with Crippen molar-refractivity contribution in [2.45, 2.75) is 18.8 Å². The summed E-state index contributed by atoms with van der Waals surface area (Å²) in [6, 6.07) is 15.9. The van der Waals surface area contributed by atoms with E-state index < -0.39 is 0 Å². The molecule has 0 aromatic heterocycles. The summed E-state index contributed by atoms with van der Waals surface area (Å²) in [6.45, 7) is 0.249. The predicted molar refractivity (Wildman–Crippen MR) is 78.0 cm³/mol. The van der Waals surface area contributed by atoms with E-state index in [4.69, 9.17) is 5.73 Å². The Bertz CT molecular complexity index is 551. The van der Waals surface area contributed by atoms with E-state index in [1.165, 1.54) is 12.1 Å². The maximum Gasteiger partial charge on any atom is 0.141 e. The van der Waals surface area contributed by atoms with Crippen molar-refractivity contribution in [3.8, 4) is 0 Å². The first-order valence-corrected chi connectivity index (χ1v) is 6.73. The molecule has 1 atom stereocenters. The minimum atomic E-state index is -0.348. The van der Waals surface area contributed by atoms with E-state index in [0.29, 0.717) is 12.8 Å². The number of hydrogen-bond donors (Lipinski definition) is 1. The van der Waals surface area contributed by atoms with Gasteiger partial charge in [-0.05, 0) is 29.7 Å². The highest BCUT2D eigenvalue weighted by Crippen LogP contribution is 2.19. The lowest BCUT2D eigenvalue weighted by atomic mass is 9.91. The van der Waals surface area contributed by atoms with Gasteiger partial charge in [0.2, 0.25) is 0 Å². The van der Waals surface area contributed by atoms with Crippen LogP contribution >= 0.6 is 0 Å². The number of halogens is 1. The first kappa shape index (κ1) is 14.4. The van der Waals surface area contributed by atoms with Gasteiger partial charge in [0, 0.05) is 13.0 Å².